The number of cyclic esters (lactones) is 1. The molecular weight excluding hydrogens is 168 g/mol. The molecule has 2 rings (SSSR count). The van der Waals surface area contributed by atoms with Crippen molar-refractivity contribution in [3.8, 4) is 5.75 Å². The predicted octanol–water partition coefficient (Wildman–Crippen LogP) is 1.38. The Bertz CT molecular complexity index is 286. The molecule has 1 fully saturated rings. The Hall–Kier alpha value is -1.51. The van der Waals surface area contributed by atoms with Crippen LogP contribution in [0.25, 0.3) is 0 Å². The summed E-state index contributed by atoms with van der Waals surface area (Å²) < 4.78 is 10.2. The van der Waals surface area contributed by atoms with Gasteiger partial charge in [0.1, 0.15) is 18.5 Å². The Morgan fingerprint density at radius 3 is 2.69 bits per heavy atom. The normalized spacial score (nSPS) is 20.3. The fourth-order valence-corrected chi connectivity index (χ4v) is 1.16. The van der Waals surface area contributed by atoms with E-state index in [0.29, 0.717) is 13.0 Å². The van der Waals surface area contributed by atoms with Crippen molar-refractivity contribution in [1.29, 1.82) is 0 Å². The molecule has 1 saturated heterocycles. The molecule has 1 heterocycles. The van der Waals surface area contributed by atoms with Gasteiger partial charge in [0.15, 0.2) is 0 Å². The van der Waals surface area contributed by atoms with Gasteiger partial charge in [-0.25, -0.2) is 0 Å². The van der Waals surface area contributed by atoms with Gasteiger partial charge in [0, 0.05) is 0 Å². The molecule has 3 heteroatoms. The molecule has 0 N–H and O–H groups in total. The maximum Gasteiger partial charge on any atom is 0.310 e. The van der Waals surface area contributed by atoms with Crippen LogP contribution < -0.4 is 4.74 Å². The van der Waals surface area contributed by atoms with Gasteiger partial charge in [-0.05, 0) is 12.1 Å². The highest BCUT2D eigenvalue weighted by atomic mass is 16.6. The van der Waals surface area contributed by atoms with Crippen molar-refractivity contribution in [2.75, 3.05) is 6.61 Å². The predicted molar refractivity (Wildman–Crippen MR) is 46.4 cm³/mol. The molecule has 1 atom stereocenters. The van der Waals surface area contributed by atoms with E-state index in [-0.39, 0.29) is 12.1 Å². The summed E-state index contributed by atoms with van der Waals surface area (Å²) in [5.41, 5.74) is 0. The number of esters is 1. The van der Waals surface area contributed by atoms with Crippen LogP contribution in [0.5, 0.6) is 5.75 Å². The van der Waals surface area contributed by atoms with Crippen LogP contribution in [0.4, 0.5) is 0 Å². The molecule has 0 aromatic heterocycles. The van der Waals surface area contributed by atoms with Gasteiger partial charge in [0.05, 0.1) is 6.42 Å². The molecular formula is C10H10O3. The standard InChI is InChI=1S/C10H10O3/c11-10-6-9(13-10)7-12-8-4-2-1-3-5-8/h1-5,9H,6-7H2. The number of benzene rings is 1. The Labute approximate surface area is 76.3 Å². The summed E-state index contributed by atoms with van der Waals surface area (Å²) in [6.45, 7) is 0.454. The van der Waals surface area contributed by atoms with Gasteiger partial charge in [-0.3, -0.25) is 4.79 Å². The average molecular weight is 178 g/mol. The molecule has 13 heavy (non-hydrogen) atoms. The molecule has 0 amide bonds. The second kappa shape index (κ2) is 3.47. The van der Waals surface area contributed by atoms with E-state index in [4.69, 9.17) is 9.47 Å². The van der Waals surface area contributed by atoms with Crippen LogP contribution >= 0.6 is 0 Å². The number of hydrogen-bond donors (Lipinski definition) is 0. The maximum atomic E-state index is 10.4. The van der Waals surface area contributed by atoms with E-state index in [1.165, 1.54) is 0 Å². The summed E-state index contributed by atoms with van der Waals surface area (Å²) in [5.74, 6) is 0.673. The van der Waals surface area contributed by atoms with Gasteiger partial charge in [-0.1, -0.05) is 18.2 Å². The maximum absolute atomic E-state index is 10.4. The zero-order valence-corrected chi connectivity index (χ0v) is 7.10. The minimum atomic E-state index is -0.137. The quantitative estimate of drug-likeness (QED) is 0.656. The monoisotopic (exact) mass is 178 g/mol. The second-order valence-corrected chi connectivity index (χ2v) is 2.94. The minimum absolute atomic E-state index is 0.0484. The highest BCUT2D eigenvalue weighted by Gasteiger charge is 2.28. The van der Waals surface area contributed by atoms with Crippen molar-refractivity contribution in [1.82, 2.24) is 0 Å². The Morgan fingerprint density at radius 2 is 2.08 bits per heavy atom. The first-order valence-electron chi connectivity index (χ1n) is 4.22. The van der Waals surface area contributed by atoms with Gasteiger partial charge in [0.2, 0.25) is 0 Å². The average Bonchev–Trinajstić information content (AvgIpc) is 2.12. The molecule has 1 aliphatic rings. The lowest BCUT2D eigenvalue weighted by Crippen LogP contribution is -2.37. The summed E-state index contributed by atoms with van der Waals surface area (Å²) >= 11 is 0. The van der Waals surface area contributed by atoms with E-state index in [1.54, 1.807) is 0 Å². The zero-order chi connectivity index (χ0) is 9.10. The van der Waals surface area contributed by atoms with Crippen LogP contribution in [0.15, 0.2) is 30.3 Å². The van der Waals surface area contributed by atoms with Crippen LogP contribution in [0.1, 0.15) is 6.42 Å². The van der Waals surface area contributed by atoms with Crippen LogP contribution in [-0.2, 0) is 9.53 Å². The molecule has 0 spiro atoms. The van der Waals surface area contributed by atoms with Crippen LogP contribution in [0.3, 0.4) is 0 Å². The van der Waals surface area contributed by atoms with Crippen molar-refractivity contribution < 1.29 is 14.3 Å². The summed E-state index contributed by atoms with van der Waals surface area (Å²) in [4.78, 5) is 10.4. The van der Waals surface area contributed by atoms with Crippen LogP contribution in [0.2, 0.25) is 0 Å². The van der Waals surface area contributed by atoms with E-state index in [0.717, 1.165) is 5.75 Å². The summed E-state index contributed by atoms with van der Waals surface area (Å²) in [6, 6.07) is 9.49. The number of ether oxygens (including phenoxy) is 2. The summed E-state index contributed by atoms with van der Waals surface area (Å²) in [7, 11) is 0. The third-order valence-corrected chi connectivity index (χ3v) is 1.87. The van der Waals surface area contributed by atoms with Crippen molar-refractivity contribution in [2.24, 2.45) is 0 Å². The third kappa shape index (κ3) is 1.99. The van der Waals surface area contributed by atoms with E-state index < -0.39 is 0 Å². The number of hydrogen-bond acceptors (Lipinski definition) is 3. The summed E-state index contributed by atoms with van der Waals surface area (Å²) in [6.07, 6.45) is 0.431. The van der Waals surface area contributed by atoms with Crippen molar-refractivity contribution in [3.63, 3.8) is 0 Å². The van der Waals surface area contributed by atoms with Crippen molar-refractivity contribution in [3.05, 3.63) is 30.3 Å². The minimum Gasteiger partial charge on any atom is -0.490 e. The van der Waals surface area contributed by atoms with Gasteiger partial charge in [-0.15, -0.1) is 0 Å². The van der Waals surface area contributed by atoms with Crippen molar-refractivity contribution >= 4 is 5.97 Å². The lowest BCUT2D eigenvalue weighted by atomic mass is 10.2. The number of rotatable bonds is 3. The second-order valence-electron chi connectivity index (χ2n) is 2.94. The smallest absolute Gasteiger partial charge is 0.310 e. The SMILES string of the molecule is O=C1CC(COc2ccccc2)O1. The Kier molecular flexibility index (Phi) is 2.17. The van der Waals surface area contributed by atoms with Gasteiger partial charge >= 0.3 is 5.97 Å². The zero-order valence-electron chi connectivity index (χ0n) is 7.10. The first-order chi connectivity index (χ1) is 6.34. The number of carbonyl (C=O) groups is 1. The fourth-order valence-electron chi connectivity index (χ4n) is 1.16. The topological polar surface area (TPSA) is 35.5 Å². The Morgan fingerprint density at radius 1 is 1.38 bits per heavy atom. The number of carbonyl (C=O) groups excluding carboxylic acids is 1. The molecule has 0 saturated carbocycles. The third-order valence-electron chi connectivity index (χ3n) is 1.87. The van der Waals surface area contributed by atoms with E-state index in [9.17, 15) is 4.79 Å². The van der Waals surface area contributed by atoms with Gasteiger partial charge < -0.3 is 9.47 Å². The first kappa shape index (κ1) is 8.10. The van der Waals surface area contributed by atoms with Crippen molar-refractivity contribution in [2.45, 2.75) is 12.5 Å². The number of para-hydroxylation sites is 1. The molecule has 68 valence electrons. The van der Waals surface area contributed by atoms with E-state index in [1.807, 2.05) is 30.3 Å². The van der Waals surface area contributed by atoms with Crippen LogP contribution in [-0.4, -0.2) is 18.7 Å². The molecule has 0 bridgehead atoms. The van der Waals surface area contributed by atoms with Crippen LogP contribution in [0, 0.1) is 0 Å². The van der Waals surface area contributed by atoms with Gasteiger partial charge in [-0.2, -0.15) is 0 Å². The van der Waals surface area contributed by atoms with Gasteiger partial charge in [0.25, 0.3) is 0 Å². The van der Waals surface area contributed by atoms with E-state index in [2.05, 4.69) is 0 Å². The molecule has 3 nitrogen and oxygen atoms in total. The molecule has 0 radical (unpaired) electrons. The lowest BCUT2D eigenvalue weighted by molar-refractivity contribution is -0.172. The highest BCUT2D eigenvalue weighted by molar-refractivity contribution is 5.75. The lowest BCUT2D eigenvalue weighted by Gasteiger charge is -2.25. The molecule has 1 aromatic carbocycles. The molecule has 1 aliphatic heterocycles. The van der Waals surface area contributed by atoms with E-state index >= 15 is 0 Å². The molecule has 1 aromatic rings. The summed E-state index contributed by atoms with van der Waals surface area (Å²) in [5, 5.41) is 0. The largest absolute Gasteiger partial charge is 0.490 e. The highest BCUT2D eigenvalue weighted by Crippen LogP contribution is 2.15. The molecule has 0 aliphatic carbocycles. The fraction of sp³-hybridized carbons (Fsp3) is 0.300. The Balaban J connectivity index is 1.77. The molecule has 1 unspecified atom stereocenters. The first-order valence-corrected chi connectivity index (χ1v) is 4.22.